The molecule has 0 spiro atoms. The maximum absolute atomic E-state index is 14.6. The normalized spacial score (nSPS) is 21.1. The van der Waals surface area contributed by atoms with Gasteiger partial charge in [0.1, 0.15) is 5.92 Å². The summed E-state index contributed by atoms with van der Waals surface area (Å²) in [5, 5.41) is 5.14. The number of fused-ring (bicyclic) bond motifs is 4. The smallest absolute Gasteiger partial charge is 0.317 e. The Morgan fingerprint density at radius 1 is 1.05 bits per heavy atom. The number of nitrogens with zero attached hydrogens (tertiary/aromatic N) is 1. The number of anilines is 1. The lowest BCUT2D eigenvalue weighted by Gasteiger charge is -2.40. The summed E-state index contributed by atoms with van der Waals surface area (Å²) in [6, 6.07) is 18.7. The summed E-state index contributed by atoms with van der Waals surface area (Å²) in [6.45, 7) is 0.126. The summed E-state index contributed by atoms with van der Waals surface area (Å²) in [4.78, 5) is 32.4. The molecule has 0 saturated heterocycles. The number of benzene rings is 3. The van der Waals surface area contributed by atoms with E-state index in [0.717, 1.165) is 33.4 Å². The molecule has 0 radical (unpaired) electrons. The summed E-state index contributed by atoms with van der Waals surface area (Å²) < 4.78 is 16.3. The maximum Gasteiger partial charge on any atom is 0.317 e. The fraction of sp³-hybridized carbons (Fsp3) is 0.194. The van der Waals surface area contributed by atoms with Crippen LogP contribution in [0, 0.1) is 5.92 Å². The van der Waals surface area contributed by atoms with Crippen LogP contribution in [0.5, 0.6) is 11.5 Å². The molecule has 1 aromatic heterocycles. The molecule has 3 heterocycles. The SMILES string of the molecule is COC(=O)C1C(=O)C2=C(CC1c1ccc3c(c1)OCO3)Nc1ccc3ncccc3c1C2c1cccc(Cl)c1Cl. The summed E-state index contributed by atoms with van der Waals surface area (Å²) in [5.74, 6) is -1.85. The number of Topliss-reactive ketones (excluding diaryl/α,β-unsaturated/α-hetero) is 1. The van der Waals surface area contributed by atoms with E-state index in [0.29, 0.717) is 39.1 Å². The number of carbonyl (C=O) groups excluding carboxylic acids is 2. The molecule has 3 atom stereocenters. The average Bonchev–Trinajstić information content (AvgIpc) is 3.45. The second-order valence-corrected chi connectivity index (χ2v) is 10.8. The molecule has 3 unspecified atom stereocenters. The summed E-state index contributed by atoms with van der Waals surface area (Å²) in [5.41, 5.74) is 5.14. The highest BCUT2D eigenvalue weighted by Crippen LogP contribution is 2.53. The third-order valence-electron chi connectivity index (χ3n) is 7.96. The average molecular weight is 573 g/mol. The number of esters is 1. The number of hydrogen-bond acceptors (Lipinski definition) is 7. The molecule has 3 aliphatic rings. The summed E-state index contributed by atoms with van der Waals surface area (Å²) in [7, 11) is 1.30. The van der Waals surface area contributed by atoms with Gasteiger partial charge >= 0.3 is 5.97 Å². The number of allylic oxidation sites excluding steroid dienone is 2. The number of carbonyl (C=O) groups is 2. The van der Waals surface area contributed by atoms with Crippen molar-refractivity contribution in [3.63, 3.8) is 0 Å². The highest BCUT2D eigenvalue weighted by Gasteiger charge is 2.48. The van der Waals surface area contributed by atoms with Crippen LogP contribution in [0.3, 0.4) is 0 Å². The first-order chi connectivity index (χ1) is 19.5. The Hall–Kier alpha value is -4.07. The molecule has 1 aliphatic carbocycles. The Kier molecular flexibility index (Phi) is 5.95. The Bertz CT molecular complexity index is 1770. The molecule has 40 heavy (non-hydrogen) atoms. The Morgan fingerprint density at radius 2 is 1.90 bits per heavy atom. The quantitative estimate of drug-likeness (QED) is 0.218. The molecule has 9 heteroatoms. The number of ketones is 1. The van der Waals surface area contributed by atoms with Gasteiger partial charge in [-0.1, -0.05) is 47.5 Å². The van der Waals surface area contributed by atoms with Crippen LogP contribution in [0.1, 0.15) is 34.9 Å². The van der Waals surface area contributed by atoms with Crippen molar-refractivity contribution < 1.29 is 23.8 Å². The first kappa shape index (κ1) is 24.9. The molecule has 3 aromatic carbocycles. The fourth-order valence-electron chi connectivity index (χ4n) is 6.19. The van der Waals surface area contributed by atoms with Gasteiger partial charge in [0.25, 0.3) is 0 Å². The van der Waals surface area contributed by atoms with Crippen molar-refractivity contribution in [3.05, 3.63) is 105 Å². The number of rotatable bonds is 3. The van der Waals surface area contributed by atoms with E-state index in [-0.39, 0.29) is 12.6 Å². The van der Waals surface area contributed by atoms with E-state index in [1.807, 2.05) is 48.5 Å². The van der Waals surface area contributed by atoms with E-state index in [2.05, 4.69) is 10.3 Å². The van der Waals surface area contributed by atoms with Gasteiger partial charge in [0, 0.05) is 40.4 Å². The number of halogens is 2. The number of pyridine rings is 1. The van der Waals surface area contributed by atoms with Gasteiger partial charge < -0.3 is 19.5 Å². The molecule has 0 saturated carbocycles. The Balaban J connectivity index is 1.46. The third-order valence-corrected chi connectivity index (χ3v) is 8.79. The van der Waals surface area contributed by atoms with E-state index in [9.17, 15) is 9.59 Å². The van der Waals surface area contributed by atoms with Crippen molar-refractivity contribution in [3.8, 4) is 11.5 Å². The molecule has 1 N–H and O–H groups in total. The van der Waals surface area contributed by atoms with Gasteiger partial charge in [0.2, 0.25) is 6.79 Å². The Morgan fingerprint density at radius 3 is 2.75 bits per heavy atom. The van der Waals surface area contributed by atoms with Crippen LogP contribution in [0.15, 0.2) is 78.1 Å². The highest BCUT2D eigenvalue weighted by molar-refractivity contribution is 6.42. The van der Waals surface area contributed by atoms with Gasteiger partial charge in [-0.25, -0.2) is 0 Å². The number of ether oxygens (including phenoxy) is 3. The molecule has 7 rings (SSSR count). The molecular weight excluding hydrogens is 551 g/mol. The number of aromatic nitrogens is 1. The predicted octanol–water partition coefficient (Wildman–Crippen LogP) is 6.63. The van der Waals surface area contributed by atoms with Gasteiger partial charge in [-0.05, 0) is 59.5 Å². The number of nitrogens with one attached hydrogen (secondary N) is 1. The van der Waals surface area contributed by atoms with Crippen LogP contribution in [-0.4, -0.2) is 30.6 Å². The Labute approximate surface area is 239 Å². The molecule has 7 nitrogen and oxygen atoms in total. The zero-order valence-corrected chi connectivity index (χ0v) is 22.8. The molecule has 200 valence electrons. The van der Waals surface area contributed by atoms with E-state index >= 15 is 0 Å². The monoisotopic (exact) mass is 572 g/mol. The second-order valence-electron chi connectivity index (χ2n) is 9.98. The van der Waals surface area contributed by atoms with E-state index < -0.39 is 23.7 Å². The third kappa shape index (κ3) is 3.76. The van der Waals surface area contributed by atoms with E-state index in [4.69, 9.17) is 37.4 Å². The van der Waals surface area contributed by atoms with Crippen molar-refractivity contribution >= 4 is 51.5 Å². The molecule has 0 amide bonds. The molecule has 4 aromatic rings. The van der Waals surface area contributed by atoms with Crippen LogP contribution < -0.4 is 14.8 Å². The number of methoxy groups -OCH3 is 1. The molecular formula is C31H22Cl2N2O5. The van der Waals surface area contributed by atoms with Gasteiger partial charge in [0.15, 0.2) is 17.3 Å². The molecule has 0 bridgehead atoms. The van der Waals surface area contributed by atoms with Crippen LogP contribution in [0.2, 0.25) is 10.0 Å². The van der Waals surface area contributed by atoms with Crippen LogP contribution in [0.4, 0.5) is 5.69 Å². The van der Waals surface area contributed by atoms with E-state index in [1.165, 1.54) is 7.11 Å². The molecule has 2 aliphatic heterocycles. The first-order valence-electron chi connectivity index (χ1n) is 12.8. The maximum atomic E-state index is 14.6. The summed E-state index contributed by atoms with van der Waals surface area (Å²) >= 11 is 13.3. The zero-order valence-electron chi connectivity index (χ0n) is 21.2. The second kappa shape index (κ2) is 9.54. The molecule has 0 fully saturated rings. The lowest BCUT2D eigenvalue weighted by molar-refractivity contribution is -0.149. The van der Waals surface area contributed by atoms with Crippen molar-refractivity contribution in [2.24, 2.45) is 5.92 Å². The minimum Gasteiger partial charge on any atom is -0.468 e. The fourth-order valence-corrected chi connectivity index (χ4v) is 6.61. The van der Waals surface area contributed by atoms with Crippen molar-refractivity contribution in [2.45, 2.75) is 18.3 Å². The van der Waals surface area contributed by atoms with Crippen molar-refractivity contribution in [1.29, 1.82) is 0 Å². The van der Waals surface area contributed by atoms with Gasteiger partial charge in [-0.3, -0.25) is 14.6 Å². The van der Waals surface area contributed by atoms with Crippen LogP contribution in [-0.2, 0) is 14.3 Å². The predicted molar refractivity (Wildman–Crippen MR) is 151 cm³/mol. The van der Waals surface area contributed by atoms with Crippen molar-refractivity contribution in [1.82, 2.24) is 4.98 Å². The number of hydrogen-bond donors (Lipinski definition) is 1. The lowest BCUT2D eigenvalue weighted by atomic mass is 9.66. The lowest BCUT2D eigenvalue weighted by Crippen LogP contribution is -2.40. The van der Waals surface area contributed by atoms with Crippen LogP contribution >= 0.6 is 23.2 Å². The zero-order chi connectivity index (χ0) is 27.5. The standard InChI is InChI=1S/C31H22Cl2N2O5/c1-38-31(37)27-18(15-7-10-23-24(12-15)40-14-39-23)13-22-28(30(27)36)26(17-4-2-6-19(32)29(17)33)25-16-5-3-11-34-20(16)8-9-21(25)35-22/h2-12,18,26-27,35H,13-14H2,1H3. The highest BCUT2D eigenvalue weighted by atomic mass is 35.5. The minimum absolute atomic E-state index is 0.126. The summed E-state index contributed by atoms with van der Waals surface area (Å²) in [6.07, 6.45) is 2.12. The van der Waals surface area contributed by atoms with Gasteiger partial charge in [-0.15, -0.1) is 0 Å². The van der Waals surface area contributed by atoms with Crippen LogP contribution in [0.25, 0.3) is 10.9 Å². The van der Waals surface area contributed by atoms with E-state index in [1.54, 1.807) is 18.3 Å². The first-order valence-corrected chi connectivity index (χ1v) is 13.5. The van der Waals surface area contributed by atoms with Gasteiger partial charge in [0.05, 0.1) is 22.7 Å². The minimum atomic E-state index is -1.07. The van der Waals surface area contributed by atoms with Gasteiger partial charge in [-0.2, -0.15) is 0 Å². The topological polar surface area (TPSA) is 86.8 Å². The van der Waals surface area contributed by atoms with Crippen molar-refractivity contribution in [2.75, 3.05) is 19.2 Å². The largest absolute Gasteiger partial charge is 0.468 e.